The number of carbonyl (C=O) groups excluding carboxylic acids is 1. The predicted molar refractivity (Wildman–Crippen MR) is 82.5 cm³/mol. The minimum absolute atomic E-state index is 0.0237. The Morgan fingerprint density at radius 2 is 1.67 bits per heavy atom. The Labute approximate surface area is 123 Å². The van der Waals surface area contributed by atoms with E-state index in [-0.39, 0.29) is 11.7 Å². The van der Waals surface area contributed by atoms with Crippen LogP contribution < -0.4 is 4.90 Å². The van der Waals surface area contributed by atoms with Crippen molar-refractivity contribution in [1.82, 2.24) is 0 Å². The zero-order valence-electron chi connectivity index (χ0n) is 11.8. The van der Waals surface area contributed by atoms with E-state index in [1.165, 1.54) is 17.7 Å². The van der Waals surface area contributed by atoms with Gasteiger partial charge in [-0.15, -0.1) is 0 Å². The number of amides is 1. The van der Waals surface area contributed by atoms with E-state index in [1.54, 1.807) is 23.1 Å². The number of benzene rings is 2. The van der Waals surface area contributed by atoms with Gasteiger partial charge in [-0.25, -0.2) is 4.39 Å². The van der Waals surface area contributed by atoms with Gasteiger partial charge in [0.25, 0.3) is 5.91 Å². The van der Waals surface area contributed by atoms with Gasteiger partial charge >= 0.3 is 0 Å². The predicted octanol–water partition coefficient (Wildman–Crippen LogP) is 3.95. The van der Waals surface area contributed by atoms with Crippen LogP contribution in [0.3, 0.4) is 0 Å². The summed E-state index contributed by atoms with van der Waals surface area (Å²) < 4.78 is 13.0. The summed E-state index contributed by atoms with van der Waals surface area (Å²) >= 11 is 0. The summed E-state index contributed by atoms with van der Waals surface area (Å²) in [5.41, 5.74) is 3.96. The van der Waals surface area contributed by atoms with Crippen LogP contribution >= 0.6 is 0 Å². The summed E-state index contributed by atoms with van der Waals surface area (Å²) in [5.74, 6) is -0.285. The molecule has 3 rings (SSSR count). The Balaban J connectivity index is 1.84. The van der Waals surface area contributed by atoms with Crippen LogP contribution in [0.25, 0.3) is 5.57 Å². The van der Waals surface area contributed by atoms with E-state index in [4.69, 9.17) is 0 Å². The van der Waals surface area contributed by atoms with Gasteiger partial charge in [0.2, 0.25) is 0 Å². The van der Waals surface area contributed by atoms with Crippen molar-refractivity contribution in [1.29, 1.82) is 0 Å². The summed E-state index contributed by atoms with van der Waals surface area (Å²) in [7, 11) is 0. The number of aryl methyl sites for hydroxylation is 1. The topological polar surface area (TPSA) is 20.3 Å². The smallest absolute Gasteiger partial charge is 0.251 e. The van der Waals surface area contributed by atoms with Gasteiger partial charge in [0.1, 0.15) is 5.82 Å². The van der Waals surface area contributed by atoms with Crippen molar-refractivity contribution >= 4 is 17.2 Å². The molecule has 1 aliphatic heterocycles. The van der Waals surface area contributed by atoms with Gasteiger partial charge in [0, 0.05) is 18.3 Å². The standard InChI is InChI=1S/C18H16FNO/c1-13-2-8-17(9-3-13)20-11-10-15(12-18(20)21)14-4-6-16(19)7-5-14/h2-9,12H,10-11H2,1H3. The monoisotopic (exact) mass is 281 g/mol. The molecule has 106 valence electrons. The fourth-order valence-corrected chi connectivity index (χ4v) is 2.51. The molecule has 0 N–H and O–H groups in total. The molecule has 2 aromatic carbocycles. The summed E-state index contributed by atoms with van der Waals surface area (Å²) in [6, 6.07) is 14.2. The third-order valence-electron chi connectivity index (χ3n) is 3.73. The molecule has 0 aliphatic carbocycles. The molecule has 1 aliphatic rings. The van der Waals surface area contributed by atoms with Crippen molar-refractivity contribution in [3.63, 3.8) is 0 Å². The third-order valence-corrected chi connectivity index (χ3v) is 3.73. The molecule has 2 nitrogen and oxygen atoms in total. The molecule has 0 spiro atoms. The summed E-state index contributed by atoms with van der Waals surface area (Å²) in [6.45, 7) is 2.67. The molecule has 2 aromatic rings. The number of hydrogen-bond donors (Lipinski definition) is 0. The first-order valence-corrected chi connectivity index (χ1v) is 6.98. The Kier molecular flexibility index (Phi) is 3.57. The number of carbonyl (C=O) groups is 1. The number of hydrogen-bond acceptors (Lipinski definition) is 1. The Bertz CT molecular complexity index is 686. The van der Waals surface area contributed by atoms with Crippen LogP contribution in [0.1, 0.15) is 17.5 Å². The zero-order chi connectivity index (χ0) is 14.8. The van der Waals surface area contributed by atoms with Gasteiger partial charge in [0.05, 0.1) is 0 Å². The molecule has 0 fully saturated rings. The first kappa shape index (κ1) is 13.6. The molecule has 0 atom stereocenters. The lowest BCUT2D eigenvalue weighted by Crippen LogP contribution is -2.33. The second kappa shape index (κ2) is 5.52. The lowest BCUT2D eigenvalue weighted by Gasteiger charge is -2.26. The van der Waals surface area contributed by atoms with Crippen LogP contribution in [0.15, 0.2) is 54.6 Å². The second-order valence-corrected chi connectivity index (χ2v) is 5.25. The first-order chi connectivity index (χ1) is 10.1. The van der Waals surface area contributed by atoms with E-state index in [0.717, 1.165) is 23.2 Å². The molecule has 21 heavy (non-hydrogen) atoms. The summed E-state index contributed by atoms with van der Waals surface area (Å²) in [5, 5.41) is 0. The van der Waals surface area contributed by atoms with E-state index in [1.807, 2.05) is 31.2 Å². The third kappa shape index (κ3) is 2.87. The van der Waals surface area contributed by atoms with Crippen LogP contribution in [0.5, 0.6) is 0 Å². The quantitative estimate of drug-likeness (QED) is 0.816. The minimum atomic E-state index is -0.261. The van der Waals surface area contributed by atoms with Crippen LogP contribution in [0, 0.1) is 12.7 Å². The Morgan fingerprint density at radius 3 is 2.29 bits per heavy atom. The van der Waals surface area contributed by atoms with E-state index < -0.39 is 0 Å². The average molecular weight is 281 g/mol. The van der Waals surface area contributed by atoms with Gasteiger partial charge in [-0.05, 0) is 48.7 Å². The summed E-state index contributed by atoms with van der Waals surface area (Å²) in [6.07, 6.45) is 2.42. The van der Waals surface area contributed by atoms with Gasteiger partial charge in [-0.2, -0.15) is 0 Å². The molecule has 1 heterocycles. The molecule has 0 bridgehead atoms. The van der Waals surface area contributed by atoms with E-state index in [9.17, 15) is 9.18 Å². The van der Waals surface area contributed by atoms with Crippen molar-refractivity contribution in [3.05, 3.63) is 71.6 Å². The lowest BCUT2D eigenvalue weighted by molar-refractivity contribution is -0.114. The molecular formula is C18H16FNO. The maximum atomic E-state index is 13.0. The maximum Gasteiger partial charge on any atom is 0.251 e. The van der Waals surface area contributed by atoms with Crippen molar-refractivity contribution in [2.24, 2.45) is 0 Å². The molecule has 0 unspecified atom stereocenters. The van der Waals surface area contributed by atoms with Crippen molar-refractivity contribution < 1.29 is 9.18 Å². The van der Waals surface area contributed by atoms with Crippen LogP contribution in [0.4, 0.5) is 10.1 Å². The molecule has 0 saturated carbocycles. The zero-order valence-corrected chi connectivity index (χ0v) is 11.8. The minimum Gasteiger partial charge on any atom is -0.309 e. The fourth-order valence-electron chi connectivity index (χ4n) is 2.51. The lowest BCUT2D eigenvalue weighted by atomic mass is 9.99. The molecule has 3 heteroatoms. The number of rotatable bonds is 2. The van der Waals surface area contributed by atoms with E-state index in [0.29, 0.717) is 6.54 Å². The Morgan fingerprint density at radius 1 is 1.00 bits per heavy atom. The number of nitrogens with zero attached hydrogens (tertiary/aromatic N) is 1. The van der Waals surface area contributed by atoms with Crippen molar-refractivity contribution in [2.45, 2.75) is 13.3 Å². The van der Waals surface area contributed by atoms with E-state index in [2.05, 4.69) is 0 Å². The van der Waals surface area contributed by atoms with Crippen molar-refractivity contribution in [3.8, 4) is 0 Å². The number of halogens is 1. The molecule has 0 aromatic heterocycles. The normalized spacial score (nSPS) is 15.0. The average Bonchev–Trinajstić information content (AvgIpc) is 2.49. The van der Waals surface area contributed by atoms with Gasteiger partial charge in [-0.1, -0.05) is 29.8 Å². The molecule has 0 saturated heterocycles. The van der Waals surface area contributed by atoms with Gasteiger partial charge < -0.3 is 4.90 Å². The number of anilines is 1. The Hall–Kier alpha value is -2.42. The van der Waals surface area contributed by atoms with Gasteiger partial charge in [0.15, 0.2) is 0 Å². The maximum absolute atomic E-state index is 13.0. The molecule has 0 radical (unpaired) electrons. The first-order valence-electron chi connectivity index (χ1n) is 6.98. The van der Waals surface area contributed by atoms with Crippen LogP contribution in [-0.2, 0) is 4.79 Å². The van der Waals surface area contributed by atoms with Crippen molar-refractivity contribution in [2.75, 3.05) is 11.4 Å². The highest BCUT2D eigenvalue weighted by Crippen LogP contribution is 2.26. The highest BCUT2D eigenvalue weighted by molar-refractivity contribution is 6.07. The van der Waals surface area contributed by atoms with Gasteiger partial charge in [-0.3, -0.25) is 4.79 Å². The SMILES string of the molecule is Cc1ccc(N2CCC(c3ccc(F)cc3)=CC2=O)cc1. The summed E-state index contributed by atoms with van der Waals surface area (Å²) in [4.78, 5) is 14.1. The highest BCUT2D eigenvalue weighted by atomic mass is 19.1. The molecule has 1 amide bonds. The second-order valence-electron chi connectivity index (χ2n) is 5.25. The highest BCUT2D eigenvalue weighted by Gasteiger charge is 2.20. The van der Waals surface area contributed by atoms with Crippen LogP contribution in [-0.4, -0.2) is 12.5 Å². The van der Waals surface area contributed by atoms with E-state index >= 15 is 0 Å². The van der Waals surface area contributed by atoms with Crippen LogP contribution in [0.2, 0.25) is 0 Å². The largest absolute Gasteiger partial charge is 0.309 e. The molecular weight excluding hydrogens is 265 g/mol. The fraction of sp³-hybridized carbons (Fsp3) is 0.167.